The maximum Gasteiger partial charge on any atom is 0.153 e. The van der Waals surface area contributed by atoms with Gasteiger partial charge in [-0.1, -0.05) is 23.2 Å². The minimum atomic E-state index is 0.228. The molecule has 0 amide bonds. The summed E-state index contributed by atoms with van der Waals surface area (Å²) in [6, 6.07) is 5.03. The predicted octanol–water partition coefficient (Wildman–Crippen LogP) is 3.88. The van der Waals surface area contributed by atoms with Gasteiger partial charge in [0, 0.05) is 10.4 Å². The van der Waals surface area contributed by atoms with Crippen molar-refractivity contribution in [2.75, 3.05) is 0 Å². The van der Waals surface area contributed by atoms with Crippen LogP contribution in [0.1, 0.15) is 16.1 Å². The molecule has 0 aliphatic rings. The highest BCUT2D eigenvalue weighted by Gasteiger charge is 2.11. The first-order valence-corrected chi connectivity index (χ1v) is 5.47. The van der Waals surface area contributed by atoms with Gasteiger partial charge in [-0.25, -0.2) is 4.98 Å². The van der Waals surface area contributed by atoms with Crippen molar-refractivity contribution in [1.82, 2.24) is 4.98 Å². The van der Waals surface area contributed by atoms with Gasteiger partial charge in [0.25, 0.3) is 0 Å². The summed E-state index contributed by atoms with van der Waals surface area (Å²) in [4.78, 5) is 15.2. The molecule has 0 atom stereocenters. The Morgan fingerprint density at radius 2 is 2.06 bits per heavy atom. The van der Waals surface area contributed by atoms with Crippen molar-refractivity contribution in [2.24, 2.45) is 0 Å². The molecule has 1 N–H and O–H groups in total. The van der Waals surface area contributed by atoms with Crippen molar-refractivity contribution < 1.29 is 9.90 Å². The van der Waals surface area contributed by atoms with Crippen LogP contribution in [0.5, 0.6) is 0 Å². The fourth-order valence-electron chi connectivity index (χ4n) is 1.54. The molecule has 0 saturated carbocycles. The lowest BCUT2D eigenvalue weighted by atomic mass is 10.1. The fourth-order valence-corrected chi connectivity index (χ4v) is 2.00. The van der Waals surface area contributed by atoms with Gasteiger partial charge in [0.05, 0.1) is 28.1 Å². The molecule has 0 radical (unpaired) electrons. The summed E-state index contributed by atoms with van der Waals surface area (Å²) in [6.45, 7) is 0. The van der Waals surface area contributed by atoms with E-state index in [2.05, 4.69) is 4.98 Å². The lowest BCUT2D eigenvalue weighted by Gasteiger charge is -2.06. The van der Waals surface area contributed by atoms with Crippen LogP contribution >= 0.6 is 23.2 Å². The Hall–Kier alpha value is -1.58. The topological polar surface area (TPSA) is 50.2 Å². The number of aliphatic hydroxyl groups is 1. The Morgan fingerprint density at radius 3 is 2.71 bits per heavy atom. The highest BCUT2D eigenvalue weighted by atomic mass is 35.5. The van der Waals surface area contributed by atoms with Gasteiger partial charge in [-0.3, -0.25) is 4.79 Å². The molecule has 17 heavy (non-hydrogen) atoms. The normalized spacial score (nSPS) is 11.2. The van der Waals surface area contributed by atoms with E-state index in [-0.39, 0.29) is 10.6 Å². The van der Waals surface area contributed by atoms with E-state index in [1.807, 2.05) is 0 Å². The van der Waals surface area contributed by atoms with Crippen LogP contribution in [0, 0.1) is 0 Å². The molecule has 0 saturated heterocycles. The molecule has 0 spiro atoms. The Balaban J connectivity index is 2.87. The van der Waals surface area contributed by atoms with Crippen LogP contribution in [-0.4, -0.2) is 16.4 Å². The summed E-state index contributed by atoms with van der Waals surface area (Å²) in [7, 11) is 0. The summed E-state index contributed by atoms with van der Waals surface area (Å²) < 4.78 is 0. The monoisotopic (exact) mass is 267 g/mol. The van der Waals surface area contributed by atoms with Crippen molar-refractivity contribution in [3.63, 3.8) is 0 Å². The average Bonchev–Trinajstić information content (AvgIpc) is 2.31. The van der Waals surface area contributed by atoms with Crippen molar-refractivity contribution in [2.45, 2.75) is 0 Å². The zero-order valence-electron chi connectivity index (χ0n) is 8.52. The zero-order chi connectivity index (χ0) is 12.4. The minimum Gasteiger partial charge on any atom is -0.516 e. The van der Waals surface area contributed by atoms with Crippen molar-refractivity contribution in [1.29, 1.82) is 0 Å². The molecule has 86 valence electrons. The van der Waals surface area contributed by atoms with Gasteiger partial charge in [-0.15, -0.1) is 0 Å². The number of pyridine rings is 1. The van der Waals surface area contributed by atoms with E-state index in [0.29, 0.717) is 27.9 Å². The number of carbonyl (C=O) groups excluding carboxylic acids is 1. The Bertz CT molecular complexity index is 623. The first-order chi connectivity index (χ1) is 8.17. The minimum absolute atomic E-state index is 0.228. The quantitative estimate of drug-likeness (QED) is 0.664. The van der Waals surface area contributed by atoms with Crippen LogP contribution in [0.25, 0.3) is 17.0 Å². The second-order valence-electron chi connectivity index (χ2n) is 3.32. The number of aromatic nitrogens is 1. The van der Waals surface area contributed by atoms with E-state index in [1.165, 1.54) is 6.08 Å². The number of halogens is 2. The molecule has 2 aromatic rings. The number of hydrogen-bond acceptors (Lipinski definition) is 3. The number of rotatable bonds is 2. The first kappa shape index (κ1) is 11.9. The standard InChI is InChI=1S/C12H7Cl2NO2/c13-7-1-2-10-8(5-7)12(14)9(6-17)11(15-10)3-4-16/h1-6,16H. The largest absolute Gasteiger partial charge is 0.516 e. The molecule has 0 unspecified atom stereocenters. The van der Waals surface area contributed by atoms with E-state index >= 15 is 0 Å². The van der Waals surface area contributed by atoms with Crippen molar-refractivity contribution >= 4 is 46.5 Å². The highest BCUT2D eigenvalue weighted by Crippen LogP contribution is 2.29. The van der Waals surface area contributed by atoms with Gasteiger partial charge < -0.3 is 5.11 Å². The summed E-state index contributed by atoms with van der Waals surface area (Å²) in [5, 5.41) is 10.1. The van der Waals surface area contributed by atoms with Gasteiger partial charge in [0.1, 0.15) is 0 Å². The molecule has 0 bridgehead atoms. The van der Waals surface area contributed by atoms with Crippen molar-refractivity contribution in [3.8, 4) is 0 Å². The molecule has 1 aromatic heterocycles. The predicted molar refractivity (Wildman–Crippen MR) is 68.8 cm³/mol. The zero-order valence-corrected chi connectivity index (χ0v) is 10.0. The molecular formula is C12H7Cl2NO2. The fraction of sp³-hybridized carbons (Fsp3) is 0. The summed E-state index contributed by atoms with van der Waals surface area (Å²) in [6.07, 6.45) is 2.72. The molecule has 0 fully saturated rings. The van der Waals surface area contributed by atoms with Crippen LogP contribution in [0.4, 0.5) is 0 Å². The van der Waals surface area contributed by atoms with Crippen LogP contribution in [0.2, 0.25) is 10.0 Å². The van der Waals surface area contributed by atoms with Gasteiger partial charge >= 0.3 is 0 Å². The van der Waals surface area contributed by atoms with E-state index in [0.717, 1.165) is 6.26 Å². The summed E-state index contributed by atoms with van der Waals surface area (Å²) >= 11 is 12.0. The van der Waals surface area contributed by atoms with E-state index < -0.39 is 0 Å². The second-order valence-corrected chi connectivity index (χ2v) is 4.13. The van der Waals surface area contributed by atoms with Gasteiger partial charge in [-0.2, -0.15) is 0 Å². The SMILES string of the molecule is O=Cc1c(C=CO)nc2ccc(Cl)cc2c1Cl. The van der Waals surface area contributed by atoms with Crippen molar-refractivity contribution in [3.05, 3.63) is 45.8 Å². The number of benzene rings is 1. The van der Waals surface area contributed by atoms with Gasteiger partial charge in [0.2, 0.25) is 0 Å². The van der Waals surface area contributed by atoms with E-state index in [9.17, 15) is 4.79 Å². The summed E-state index contributed by atoms with van der Waals surface area (Å²) in [5.74, 6) is 0. The number of fused-ring (bicyclic) bond motifs is 1. The number of aldehydes is 1. The third-order valence-corrected chi connectivity index (χ3v) is 2.94. The Kier molecular flexibility index (Phi) is 3.31. The summed E-state index contributed by atoms with van der Waals surface area (Å²) in [5.41, 5.74) is 1.16. The lowest BCUT2D eigenvalue weighted by molar-refractivity contribution is 0.112. The van der Waals surface area contributed by atoms with Crippen LogP contribution in [0.3, 0.4) is 0 Å². The van der Waals surface area contributed by atoms with Gasteiger partial charge in [0.15, 0.2) is 6.29 Å². The maximum absolute atomic E-state index is 11.0. The molecule has 0 aliphatic carbocycles. The molecule has 2 rings (SSSR count). The first-order valence-electron chi connectivity index (χ1n) is 4.72. The van der Waals surface area contributed by atoms with Gasteiger partial charge in [-0.05, 0) is 24.3 Å². The highest BCUT2D eigenvalue weighted by molar-refractivity contribution is 6.39. The number of aliphatic hydroxyl groups excluding tert-OH is 1. The molecule has 5 heteroatoms. The molecular weight excluding hydrogens is 261 g/mol. The number of hydrogen-bond donors (Lipinski definition) is 1. The van der Waals surface area contributed by atoms with Crippen LogP contribution in [0.15, 0.2) is 24.5 Å². The Morgan fingerprint density at radius 1 is 1.29 bits per heavy atom. The molecule has 1 aromatic carbocycles. The molecule has 0 aliphatic heterocycles. The van der Waals surface area contributed by atoms with E-state index in [1.54, 1.807) is 18.2 Å². The average molecular weight is 268 g/mol. The number of carbonyl (C=O) groups is 1. The molecule has 1 heterocycles. The third kappa shape index (κ3) is 2.12. The smallest absolute Gasteiger partial charge is 0.153 e. The lowest BCUT2D eigenvalue weighted by Crippen LogP contribution is -1.94. The second kappa shape index (κ2) is 4.73. The molecule has 3 nitrogen and oxygen atoms in total. The maximum atomic E-state index is 11.0. The van der Waals surface area contributed by atoms with Crippen LogP contribution in [-0.2, 0) is 0 Å². The van der Waals surface area contributed by atoms with E-state index in [4.69, 9.17) is 28.3 Å². The Labute approximate surface area is 107 Å². The number of nitrogens with zero attached hydrogens (tertiary/aromatic N) is 1. The third-order valence-electron chi connectivity index (χ3n) is 2.30. The van der Waals surface area contributed by atoms with Crippen LogP contribution < -0.4 is 0 Å².